The smallest absolute Gasteiger partial charge is 0.223 e. The Labute approximate surface area is 141 Å². The van der Waals surface area contributed by atoms with Crippen molar-refractivity contribution in [1.82, 2.24) is 19.9 Å². The van der Waals surface area contributed by atoms with Crippen molar-refractivity contribution < 1.29 is 14.4 Å². The van der Waals surface area contributed by atoms with E-state index in [9.17, 15) is 5.11 Å². The highest BCUT2D eigenvalue weighted by Crippen LogP contribution is 2.10. The summed E-state index contributed by atoms with van der Waals surface area (Å²) < 4.78 is 10.6. The van der Waals surface area contributed by atoms with Gasteiger partial charge in [0.05, 0.1) is 6.54 Å². The second-order valence-electron chi connectivity index (χ2n) is 6.08. The first-order valence-corrected chi connectivity index (χ1v) is 8.29. The van der Waals surface area contributed by atoms with Crippen molar-refractivity contribution in [2.45, 2.75) is 19.6 Å². The van der Waals surface area contributed by atoms with Gasteiger partial charge in [0.1, 0.15) is 18.5 Å². The molecule has 1 aliphatic rings. The van der Waals surface area contributed by atoms with Crippen LogP contribution in [0.1, 0.15) is 11.7 Å². The molecule has 7 nitrogen and oxygen atoms in total. The number of nitrogens with zero attached hydrogens (tertiary/aromatic N) is 4. The van der Waals surface area contributed by atoms with Gasteiger partial charge in [-0.25, -0.2) is 0 Å². The maximum Gasteiger partial charge on any atom is 0.223 e. The third-order valence-corrected chi connectivity index (χ3v) is 4.05. The van der Waals surface area contributed by atoms with Crippen molar-refractivity contribution in [3.8, 4) is 5.75 Å². The predicted molar refractivity (Wildman–Crippen MR) is 88.7 cm³/mol. The van der Waals surface area contributed by atoms with E-state index in [4.69, 9.17) is 9.26 Å². The van der Waals surface area contributed by atoms with E-state index >= 15 is 0 Å². The SMILES string of the molecule is Cc1nc(CN2CCN(CC(O)COc3ccccc3)CC2)no1. The molecule has 0 aliphatic carbocycles. The Bertz CT molecular complexity index is 611. The quantitative estimate of drug-likeness (QED) is 0.808. The molecule has 1 fully saturated rings. The number of hydrogen-bond acceptors (Lipinski definition) is 7. The highest BCUT2D eigenvalue weighted by atomic mass is 16.5. The Morgan fingerprint density at radius 3 is 2.54 bits per heavy atom. The van der Waals surface area contributed by atoms with Crippen LogP contribution in [0.25, 0.3) is 0 Å². The molecule has 0 bridgehead atoms. The van der Waals surface area contributed by atoms with Crippen LogP contribution < -0.4 is 4.74 Å². The number of aliphatic hydroxyl groups is 1. The van der Waals surface area contributed by atoms with Gasteiger partial charge in [-0.1, -0.05) is 23.4 Å². The van der Waals surface area contributed by atoms with Gasteiger partial charge >= 0.3 is 0 Å². The summed E-state index contributed by atoms with van der Waals surface area (Å²) in [5, 5.41) is 14.1. The molecule has 1 saturated heterocycles. The molecule has 1 aromatic heterocycles. The molecule has 0 radical (unpaired) electrons. The monoisotopic (exact) mass is 332 g/mol. The van der Waals surface area contributed by atoms with Gasteiger partial charge in [0.25, 0.3) is 0 Å². The first-order chi connectivity index (χ1) is 11.7. The van der Waals surface area contributed by atoms with Crippen LogP contribution in [-0.2, 0) is 6.54 Å². The van der Waals surface area contributed by atoms with Crippen molar-refractivity contribution in [2.75, 3.05) is 39.3 Å². The van der Waals surface area contributed by atoms with Crippen LogP contribution in [-0.4, -0.2) is 70.5 Å². The maximum absolute atomic E-state index is 10.2. The number of rotatable bonds is 7. The Morgan fingerprint density at radius 1 is 1.17 bits per heavy atom. The fraction of sp³-hybridized carbons (Fsp3) is 0.529. The average Bonchev–Trinajstić information content (AvgIpc) is 3.01. The molecule has 3 rings (SSSR count). The lowest BCUT2D eigenvalue weighted by Gasteiger charge is -2.34. The largest absolute Gasteiger partial charge is 0.491 e. The molecule has 130 valence electrons. The molecule has 2 heterocycles. The van der Waals surface area contributed by atoms with Crippen LogP contribution in [0.15, 0.2) is 34.9 Å². The van der Waals surface area contributed by atoms with Gasteiger partial charge in [0.2, 0.25) is 5.89 Å². The number of aryl methyl sites for hydroxylation is 1. The number of hydrogen-bond donors (Lipinski definition) is 1. The zero-order valence-corrected chi connectivity index (χ0v) is 14.0. The number of ether oxygens (including phenoxy) is 1. The van der Waals surface area contributed by atoms with Gasteiger partial charge in [-0.3, -0.25) is 9.80 Å². The third kappa shape index (κ3) is 5.02. The minimum atomic E-state index is -0.489. The van der Waals surface area contributed by atoms with Gasteiger partial charge < -0.3 is 14.4 Å². The van der Waals surface area contributed by atoms with Crippen LogP contribution in [0.5, 0.6) is 5.75 Å². The summed E-state index contributed by atoms with van der Waals surface area (Å²) in [6.07, 6.45) is -0.489. The normalized spacial score (nSPS) is 17.8. The zero-order valence-electron chi connectivity index (χ0n) is 14.0. The van der Waals surface area contributed by atoms with E-state index in [1.165, 1.54) is 0 Å². The molecule has 1 aliphatic heterocycles. The van der Waals surface area contributed by atoms with E-state index in [-0.39, 0.29) is 0 Å². The van der Waals surface area contributed by atoms with Gasteiger partial charge in [-0.2, -0.15) is 4.98 Å². The van der Waals surface area contributed by atoms with Gasteiger partial charge in [0.15, 0.2) is 5.82 Å². The zero-order chi connectivity index (χ0) is 16.8. The number of aromatic nitrogens is 2. The van der Waals surface area contributed by atoms with Crippen LogP contribution >= 0.6 is 0 Å². The van der Waals surface area contributed by atoms with Crippen LogP contribution in [0.2, 0.25) is 0 Å². The number of piperazine rings is 1. The number of aliphatic hydroxyl groups excluding tert-OH is 1. The lowest BCUT2D eigenvalue weighted by Crippen LogP contribution is -2.48. The van der Waals surface area contributed by atoms with Crippen molar-refractivity contribution in [3.05, 3.63) is 42.0 Å². The van der Waals surface area contributed by atoms with Crippen LogP contribution in [0.3, 0.4) is 0 Å². The van der Waals surface area contributed by atoms with Gasteiger partial charge in [-0.15, -0.1) is 0 Å². The number of β-amino-alcohol motifs (C(OH)–C–C–N with tert-alkyl or cyclic N) is 1. The van der Waals surface area contributed by atoms with E-state index in [0.717, 1.165) is 37.8 Å². The van der Waals surface area contributed by atoms with Crippen molar-refractivity contribution in [3.63, 3.8) is 0 Å². The first-order valence-electron chi connectivity index (χ1n) is 8.29. The third-order valence-electron chi connectivity index (χ3n) is 4.05. The second-order valence-corrected chi connectivity index (χ2v) is 6.08. The Morgan fingerprint density at radius 2 is 1.88 bits per heavy atom. The van der Waals surface area contributed by atoms with Gasteiger partial charge in [0, 0.05) is 39.6 Å². The minimum absolute atomic E-state index is 0.312. The molecule has 1 N–H and O–H groups in total. The lowest BCUT2D eigenvalue weighted by molar-refractivity contribution is 0.0440. The molecule has 1 unspecified atom stereocenters. The molecule has 2 aromatic rings. The Balaban J connectivity index is 1.35. The summed E-state index contributed by atoms with van der Waals surface area (Å²) in [6.45, 7) is 7.14. The molecule has 0 spiro atoms. The van der Waals surface area contributed by atoms with E-state index in [2.05, 4.69) is 19.9 Å². The molecule has 0 amide bonds. The van der Waals surface area contributed by atoms with E-state index in [0.29, 0.717) is 25.6 Å². The summed E-state index contributed by atoms with van der Waals surface area (Å²) in [5.41, 5.74) is 0. The first kappa shape index (κ1) is 16.9. The fourth-order valence-electron chi connectivity index (χ4n) is 2.80. The molecule has 1 atom stereocenters. The predicted octanol–water partition coefficient (Wildman–Crippen LogP) is 0.936. The Kier molecular flexibility index (Phi) is 5.79. The summed E-state index contributed by atoms with van der Waals surface area (Å²) in [5.74, 6) is 2.12. The highest BCUT2D eigenvalue weighted by molar-refractivity contribution is 5.20. The lowest BCUT2D eigenvalue weighted by atomic mass is 10.2. The molecule has 7 heteroatoms. The maximum atomic E-state index is 10.2. The summed E-state index contributed by atoms with van der Waals surface area (Å²) >= 11 is 0. The summed E-state index contributed by atoms with van der Waals surface area (Å²) in [4.78, 5) is 8.80. The molecule has 0 saturated carbocycles. The van der Waals surface area contributed by atoms with Crippen LogP contribution in [0, 0.1) is 6.92 Å². The van der Waals surface area contributed by atoms with Crippen molar-refractivity contribution >= 4 is 0 Å². The average molecular weight is 332 g/mol. The minimum Gasteiger partial charge on any atom is -0.491 e. The number of para-hydroxylation sites is 1. The Hall–Kier alpha value is -1.96. The van der Waals surface area contributed by atoms with E-state index < -0.39 is 6.10 Å². The number of benzene rings is 1. The van der Waals surface area contributed by atoms with Crippen molar-refractivity contribution in [2.24, 2.45) is 0 Å². The standard InChI is InChI=1S/C17H24N4O3/c1-14-18-17(19-24-14)12-21-9-7-20(8-10-21)11-15(22)13-23-16-5-3-2-4-6-16/h2-6,15,22H,7-13H2,1H3. The van der Waals surface area contributed by atoms with Crippen LogP contribution in [0.4, 0.5) is 0 Å². The van der Waals surface area contributed by atoms with E-state index in [1.54, 1.807) is 6.92 Å². The van der Waals surface area contributed by atoms with Crippen molar-refractivity contribution in [1.29, 1.82) is 0 Å². The highest BCUT2D eigenvalue weighted by Gasteiger charge is 2.20. The summed E-state index contributed by atoms with van der Waals surface area (Å²) in [6, 6.07) is 9.58. The topological polar surface area (TPSA) is 74.9 Å². The van der Waals surface area contributed by atoms with Gasteiger partial charge in [-0.05, 0) is 12.1 Å². The molecule has 1 aromatic carbocycles. The molecular formula is C17H24N4O3. The summed E-state index contributed by atoms with van der Waals surface area (Å²) in [7, 11) is 0. The molecule has 24 heavy (non-hydrogen) atoms. The van der Waals surface area contributed by atoms with E-state index in [1.807, 2.05) is 30.3 Å². The molecular weight excluding hydrogens is 308 g/mol. The second kappa shape index (κ2) is 8.23. The fourth-order valence-corrected chi connectivity index (χ4v) is 2.80.